The van der Waals surface area contributed by atoms with Gasteiger partial charge in [0.05, 0.1) is 18.0 Å². The molecule has 3 heteroatoms. The predicted molar refractivity (Wildman–Crippen MR) is 99.7 cm³/mol. The van der Waals surface area contributed by atoms with E-state index in [0.29, 0.717) is 6.61 Å². The average molecular weight is 325 g/mol. The molecule has 0 aromatic heterocycles. The molecule has 0 atom stereocenters. The van der Waals surface area contributed by atoms with Crippen LogP contribution >= 0.6 is 0 Å². The highest BCUT2D eigenvalue weighted by Gasteiger charge is 2.18. The van der Waals surface area contributed by atoms with Crippen LogP contribution in [0.5, 0.6) is 0 Å². The van der Waals surface area contributed by atoms with E-state index in [9.17, 15) is 4.79 Å². The van der Waals surface area contributed by atoms with Gasteiger partial charge >= 0.3 is 6.09 Å². The van der Waals surface area contributed by atoms with Crippen molar-refractivity contribution in [1.82, 2.24) is 0 Å². The van der Waals surface area contributed by atoms with Crippen molar-refractivity contribution in [2.24, 2.45) is 0 Å². The molecule has 2 aromatic carbocycles. The van der Waals surface area contributed by atoms with E-state index >= 15 is 0 Å². The van der Waals surface area contributed by atoms with Gasteiger partial charge in [0, 0.05) is 0 Å². The van der Waals surface area contributed by atoms with Gasteiger partial charge in [0.2, 0.25) is 0 Å². The molecule has 2 aromatic rings. The van der Waals surface area contributed by atoms with E-state index in [1.807, 2.05) is 60.7 Å². The van der Waals surface area contributed by atoms with E-state index in [2.05, 4.69) is 6.92 Å². The van der Waals surface area contributed by atoms with Crippen LogP contribution in [0.1, 0.15) is 45.4 Å². The molecule has 0 saturated heterocycles. The first-order valence-corrected chi connectivity index (χ1v) is 8.90. The van der Waals surface area contributed by atoms with Crippen molar-refractivity contribution in [3.8, 4) is 0 Å². The maximum absolute atomic E-state index is 12.6. The summed E-state index contributed by atoms with van der Waals surface area (Å²) in [5, 5.41) is 0. The van der Waals surface area contributed by atoms with Crippen LogP contribution in [0.4, 0.5) is 16.2 Å². The standard InChI is InChI=1S/C21H27NO2/c1-2-3-4-5-6-13-18-24-21(23)22(19-14-9-7-10-15-19)20-16-11-8-12-17-20/h7-12,14-17H,2-6,13,18H2,1H3. The van der Waals surface area contributed by atoms with Crippen LogP contribution in [0.2, 0.25) is 0 Å². The normalized spacial score (nSPS) is 10.4. The Morgan fingerprint density at radius 3 is 1.83 bits per heavy atom. The van der Waals surface area contributed by atoms with Crippen LogP contribution < -0.4 is 4.90 Å². The fourth-order valence-electron chi connectivity index (χ4n) is 2.62. The molecule has 0 heterocycles. The molecular weight excluding hydrogens is 298 g/mol. The Labute approximate surface area is 145 Å². The lowest BCUT2D eigenvalue weighted by molar-refractivity contribution is 0.154. The Balaban J connectivity index is 1.92. The molecule has 0 saturated carbocycles. The Kier molecular flexibility index (Phi) is 7.88. The van der Waals surface area contributed by atoms with Crippen LogP contribution in [0.15, 0.2) is 60.7 Å². The molecule has 0 aliphatic rings. The SMILES string of the molecule is CCCCCCCCOC(=O)N(c1ccccc1)c1ccccc1. The summed E-state index contributed by atoms with van der Waals surface area (Å²) in [5.41, 5.74) is 1.63. The molecule has 0 aliphatic heterocycles. The zero-order valence-corrected chi connectivity index (χ0v) is 14.5. The van der Waals surface area contributed by atoms with Gasteiger partial charge in [-0.25, -0.2) is 9.69 Å². The van der Waals surface area contributed by atoms with Crippen molar-refractivity contribution in [3.05, 3.63) is 60.7 Å². The van der Waals surface area contributed by atoms with Crippen molar-refractivity contribution in [2.45, 2.75) is 45.4 Å². The molecule has 0 spiro atoms. The van der Waals surface area contributed by atoms with Gasteiger partial charge in [0.25, 0.3) is 0 Å². The molecule has 2 rings (SSSR count). The predicted octanol–water partition coefficient (Wildman–Crippen LogP) is 6.32. The maximum Gasteiger partial charge on any atom is 0.418 e. The Morgan fingerprint density at radius 1 is 0.792 bits per heavy atom. The van der Waals surface area contributed by atoms with Crippen molar-refractivity contribution < 1.29 is 9.53 Å². The highest BCUT2D eigenvalue weighted by atomic mass is 16.6. The van der Waals surface area contributed by atoms with Crippen molar-refractivity contribution in [2.75, 3.05) is 11.5 Å². The molecule has 0 aliphatic carbocycles. The van der Waals surface area contributed by atoms with Gasteiger partial charge in [-0.2, -0.15) is 0 Å². The quantitative estimate of drug-likeness (QED) is 0.505. The van der Waals surface area contributed by atoms with E-state index in [0.717, 1.165) is 24.2 Å². The molecule has 0 fully saturated rings. The monoisotopic (exact) mass is 325 g/mol. The third kappa shape index (κ3) is 5.73. The van der Waals surface area contributed by atoms with Crippen molar-refractivity contribution in [1.29, 1.82) is 0 Å². The second-order valence-corrected chi connectivity index (χ2v) is 5.89. The molecule has 0 N–H and O–H groups in total. The van der Waals surface area contributed by atoms with Gasteiger partial charge in [-0.05, 0) is 30.7 Å². The number of carbonyl (C=O) groups excluding carboxylic acids is 1. The minimum absolute atomic E-state index is 0.319. The molecule has 0 bridgehead atoms. The van der Waals surface area contributed by atoms with Gasteiger partial charge in [-0.15, -0.1) is 0 Å². The number of ether oxygens (including phenoxy) is 1. The second kappa shape index (κ2) is 10.5. The number of nitrogens with zero attached hydrogens (tertiary/aromatic N) is 1. The fraction of sp³-hybridized carbons (Fsp3) is 0.381. The third-order valence-electron chi connectivity index (χ3n) is 3.93. The molecule has 0 radical (unpaired) electrons. The number of benzene rings is 2. The zero-order valence-electron chi connectivity index (χ0n) is 14.5. The minimum Gasteiger partial charge on any atom is -0.449 e. The Bertz CT molecular complexity index is 544. The lowest BCUT2D eigenvalue weighted by Gasteiger charge is -2.22. The second-order valence-electron chi connectivity index (χ2n) is 5.89. The summed E-state index contributed by atoms with van der Waals surface area (Å²) in [6.45, 7) is 2.69. The van der Waals surface area contributed by atoms with E-state index in [1.165, 1.54) is 25.7 Å². The first kappa shape index (κ1) is 18.1. The first-order valence-electron chi connectivity index (χ1n) is 8.90. The zero-order chi connectivity index (χ0) is 17.0. The average Bonchev–Trinajstić information content (AvgIpc) is 2.63. The van der Waals surface area contributed by atoms with E-state index in [-0.39, 0.29) is 6.09 Å². The van der Waals surface area contributed by atoms with E-state index in [4.69, 9.17) is 4.74 Å². The third-order valence-corrected chi connectivity index (χ3v) is 3.93. The fourth-order valence-corrected chi connectivity index (χ4v) is 2.62. The maximum atomic E-state index is 12.6. The largest absolute Gasteiger partial charge is 0.449 e. The summed E-state index contributed by atoms with van der Waals surface area (Å²) in [5.74, 6) is 0. The lowest BCUT2D eigenvalue weighted by atomic mass is 10.1. The number of para-hydroxylation sites is 2. The van der Waals surface area contributed by atoms with Gasteiger partial charge < -0.3 is 4.74 Å². The molecular formula is C21H27NO2. The summed E-state index contributed by atoms with van der Waals surface area (Å²) in [6.07, 6.45) is 6.74. The highest BCUT2D eigenvalue weighted by Crippen LogP contribution is 2.25. The Hall–Kier alpha value is -2.29. The topological polar surface area (TPSA) is 29.5 Å². The number of hydrogen-bond acceptors (Lipinski definition) is 2. The summed E-state index contributed by atoms with van der Waals surface area (Å²) in [6, 6.07) is 19.2. The number of rotatable bonds is 9. The molecule has 128 valence electrons. The summed E-state index contributed by atoms with van der Waals surface area (Å²) < 4.78 is 5.51. The lowest BCUT2D eigenvalue weighted by Crippen LogP contribution is -2.27. The first-order chi connectivity index (χ1) is 11.8. The summed E-state index contributed by atoms with van der Waals surface area (Å²) in [7, 11) is 0. The minimum atomic E-state index is -0.319. The van der Waals surface area contributed by atoms with Crippen LogP contribution in [0.3, 0.4) is 0 Å². The molecule has 1 amide bonds. The van der Waals surface area contributed by atoms with E-state index < -0.39 is 0 Å². The van der Waals surface area contributed by atoms with Crippen LogP contribution in [-0.2, 0) is 4.74 Å². The smallest absolute Gasteiger partial charge is 0.418 e. The number of unbranched alkanes of at least 4 members (excludes halogenated alkanes) is 5. The summed E-state index contributed by atoms with van der Waals surface area (Å²) in [4.78, 5) is 14.2. The number of anilines is 2. The summed E-state index contributed by atoms with van der Waals surface area (Å²) >= 11 is 0. The van der Waals surface area contributed by atoms with Gasteiger partial charge in [-0.1, -0.05) is 75.4 Å². The van der Waals surface area contributed by atoms with Crippen LogP contribution in [0.25, 0.3) is 0 Å². The van der Waals surface area contributed by atoms with Crippen LogP contribution in [0, 0.1) is 0 Å². The van der Waals surface area contributed by atoms with E-state index in [1.54, 1.807) is 4.90 Å². The molecule has 3 nitrogen and oxygen atoms in total. The van der Waals surface area contributed by atoms with Gasteiger partial charge in [0.1, 0.15) is 0 Å². The Morgan fingerprint density at radius 2 is 1.29 bits per heavy atom. The highest BCUT2D eigenvalue weighted by molar-refractivity contribution is 5.95. The van der Waals surface area contributed by atoms with Gasteiger partial charge in [0.15, 0.2) is 0 Å². The molecule has 0 unspecified atom stereocenters. The van der Waals surface area contributed by atoms with Crippen molar-refractivity contribution >= 4 is 17.5 Å². The number of carbonyl (C=O) groups is 1. The number of hydrogen-bond donors (Lipinski definition) is 0. The van der Waals surface area contributed by atoms with Gasteiger partial charge in [-0.3, -0.25) is 0 Å². The van der Waals surface area contributed by atoms with Crippen molar-refractivity contribution in [3.63, 3.8) is 0 Å². The molecule has 24 heavy (non-hydrogen) atoms. The van der Waals surface area contributed by atoms with Crippen LogP contribution in [-0.4, -0.2) is 12.7 Å². The number of amides is 1.